The van der Waals surface area contributed by atoms with Gasteiger partial charge in [0.15, 0.2) is 5.65 Å². The number of halogens is 3. The molecular formula is C15H22F3N3O3S. The highest BCUT2D eigenvalue weighted by molar-refractivity contribution is 7.87. The molecule has 0 N–H and O–H groups in total. The maximum atomic E-state index is 12.3. The second kappa shape index (κ2) is 8.03. The first-order valence-electron chi connectivity index (χ1n) is 8.04. The van der Waals surface area contributed by atoms with Gasteiger partial charge < -0.3 is 4.18 Å². The number of imidazole rings is 1. The standard InChI is InChI=1S/C11H10F3N3O3S.2C2H6/c1-6-10-16-9(20-21(18,19)11(12,13)14)5-17(10)4-8(15-6)7-2-3-7;2*1-2/h4-5,7H,2-3H2,1H3;2*1-2H3. The Morgan fingerprint density at radius 1 is 1.12 bits per heavy atom. The molecule has 1 aliphatic carbocycles. The Hall–Kier alpha value is -1.84. The molecule has 0 bridgehead atoms. The van der Waals surface area contributed by atoms with Crippen LogP contribution in [0.4, 0.5) is 13.2 Å². The predicted octanol–water partition coefficient (Wildman–Crippen LogP) is 4.20. The second-order valence-corrected chi connectivity index (χ2v) is 6.36. The monoisotopic (exact) mass is 381 g/mol. The first-order chi connectivity index (χ1) is 11.7. The van der Waals surface area contributed by atoms with Gasteiger partial charge in [-0.2, -0.15) is 26.6 Å². The van der Waals surface area contributed by atoms with Gasteiger partial charge in [-0.3, -0.25) is 9.38 Å². The van der Waals surface area contributed by atoms with Crippen LogP contribution < -0.4 is 4.18 Å². The van der Waals surface area contributed by atoms with Gasteiger partial charge in [0.2, 0.25) is 0 Å². The zero-order chi connectivity index (χ0) is 19.4. The zero-order valence-corrected chi connectivity index (χ0v) is 15.6. The van der Waals surface area contributed by atoms with Crippen LogP contribution in [0.5, 0.6) is 5.88 Å². The first kappa shape index (κ1) is 21.2. The van der Waals surface area contributed by atoms with Crippen molar-refractivity contribution in [3.8, 4) is 5.88 Å². The van der Waals surface area contributed by atoms with Gasteiger partial charge >= 0.3 is 15.6 Å². The minimum atomic E-state index is -5.72. The molecule has 1 saturated carbocycles. The second-order valence-electron chi connectivity index (χ2n) is 4.82. The molecule has 0 atom stereocenters. The molecule has 0 unspecified atom stereocenters. The molecule has 142 valence electrons. The van der Waals surface area contributed by atoms with Crippen molar-refractivity contribution >= 4 is 15.8 Å². The van der Waals surface area contributed by atoms with Gasteiger partial charge in [0.1, 0.15) is 0 Å². The van der Waals surface area contributed by atoms with Crippen molar-refractivity contribution < 1.29 is 25.8 Å². The topological polar surface area (TPSA) is 73.6 Å². The van der Waals surface area contributed by atoms with Crippen LogP contribution in [-0.2, 0) is 10.1 Å². The van der Waals surface area contributed by atoms with Crippen LogP contribution >= 0.6 is 0 Å². The zero-order valence-electron chi connectivity index (χ0n) is 14.8. The SMILES string of the molecule is CC.CC.Cc1nc(C2CC2)cn2cc(OS(=O)(=O)C(F)(F)F)nc12. The van der Waals surface area contributed by atoms with E-state index in [1.165, 1.54) is 4.40 Å². The van der Waals surface area contributed by atoms with E-state index in [9.17, 15) is 21.6 Å². The lowest BCUT2D eigenvalue weighted by atomic mass is 10.3. The van der Waals surface area contributed by atoms with Crippen molar-refractivity contribution in [3.63, 3.8) is 0 Å². The normalized spacial score (nSPS) is 14.2. The average Bonchev–Trinajstić information content (AvgIpc) is 3.31. The lowest BCUT2D eigenvalue weighted by Gasteiger charge is -2.06. The summed E-state index contributed by atoms with van der Waals surface area (Å²) in [6, 6.07) is 0. The fourth-order valence-electron chi connectivity index (χ4n) is 1.93. The first-order valence-corrected chi connectivity index (χ1v) is 9.45. The van der Waals surface area contributed by atoms with Gasteiger partial charge in [-0.15, -0.1) is 0 Å². The Morgan fingerprint density at radius 3 is 2.16 bits per heavy atom. The van der Waals surface area contributed by atoms with Gasteiger partial charge in [0.25, 0.3) is 5.88 Å². The summed E-state index contributed by atoms with van der Waals surface area (Å²) in [5.74, 6) is -0.288. The molecule has 1 aliphatic rings. The van der Waals surface area contributed by atoms with Gasteiger partial charge in [0.05, 0.1) is 17.6 Å². The van der Waals surface area contributed by atoms with Gasteiger partial charge in [-0.05, 0) is 19.8 Å². The highest BCUT2D eigenvalue weighted by atomic mass is 32.2. The van der Waals surface area contributed by atoms with E-state index in [0.717, 1.165) is 24.7 Å². The maximum Gasteiger partial charge on any atom is 0.534 e. The molecule has 0 aliphatic heterocycles. The van der Waals surface area contributed by atoms with Crippen LogP contribution in [0, 0.1) is 6.92 Å². The molecule has 1 fully saturated rings. The molecule has 0 spiro atoms. The molecule has 10 heteroatoms. The van der Waals surface area contributed by atoms with Crippen molar-refractivity contribution in [2.24, 2.45) is 0 Å². The number of fused-ring (bicyclic) bond motifs is 1. The van der Waals surface area contributed by atoms with E-state index >= 15 is 0 Å². The quantitative estimate of drug-likeness (QED) is 0.589. The Morgan fingerprint density at radius 2 is 1.68 bits per heavy atom. The highest BCUT2D eigenvalue weighted by Crippen LogP contribution is 2.39. The molecule has 3 rings (SSSR count). The third-order valence-electron chi connectivity index (χ3n) is 3.08. The Balaban J connectivity index is 0.000000730. The van der Waals surface area contributed by atoms with Crippen LogP contribution in [-0.4, -0.2) is 28.3 Å². The molecule has 25 heavy (non-hydrogen) atoms. The predicted molar refractivity (Wildman–Crippen MR) is 88.0 cm³/mol. The van der Waals surface area contributed by atoms with Gasteiger partial charge in [-0.25, -0.2) is 0 Å². The number of nitrogens with zero attached hydrogens (tertiary/aromatic N) is 3. The number of aromatic nitrogens is 3. The fraction of sp³-hybridized carbons (Fsp3) is 0.600. The lowest BCUT2D eigenvalue weighted by molar-refractivity contribution is -0.0501. The summed E-state index contributed by atoms with van der Waals surface area (Å²) in [7, 11) is -5.72. The lowest BCUT2D eigenvalue weighted by Crippen LogP contribution is -2.28. The fourth-order valence-corrected chi connectivity index (χ4v) is 2.33. The molecular weight excluding hydrogens is 359 g/mol. The smallest absolute Gasteiger partial charge is 0.354 e. The van der Waals surface area contributed by atoms with E-state index < -0.39 is 21.5 Å². The summed E-state index contributed by atoms with van der Waals surface area (Å²) in [5.41, 5.74) is -3.93. The van der Waals surface area contributed by atoms with E-state index in [1.807, 2.05) is 27.7 Å². The number of hydrogen-bond donors (Lipinski definition) is 0. The molecule has 2 aromatic heterocycles. The van der Waals surface area contributed by atoms with Crippen LogP contribution in [0.15, 0.2) is 12.4 Å². The van der Waals surface area contributed by atoms with E-state index in [-0.39, 0.29) is 5.65 Å². The Kier molecular flexibility index (Phi) is 6.81. The van der Waals surface area contributed by atoms with E-state index in [1.54, 1.807) is 13.1 Å². The van der Waals surface area contributed by atoms with E-state index in [0.29, 0.717) is 11.6 Å². The van der Waals surface area contributed by atoms with Crippen LogP contribution in [0.1, 0.15) is 57.8 Å². The van der Waals surface area contributed by atoms with Crippen molar-refractivity contribution in [2.45, 2.75) is 58.9 Å². The number of alkyl halides is 3. The third kappa shape index (κ3) is 4.83. The average molecular weight is 381 g/mol. The summed E-state index contributed by atoms with van der Waals surface area (Å²) in [5, 5.41) is 0. The van der Waals surface area contributed by atoms with Crippen LogP contribution in [0.2, 0.25) is 0 Å². The minimum Gasteiger partial charge on any atom is -0.354 e. The summed E-state index contributed by atoms with van der Waals surface area (Å²) >= 11 is 0. The third-order valence-corrected chi connectivity index (χ3v) is 4.03. The van der Waals surface area contributed by atoms with E-state index in [4.69, 9.17) is 0 Å². The molecule has 0 radical (unpaired) electrons. The molecule has 2 aromatic rings. The number of hydrogen-bond acceptors (Lipinski definition) is 5. The molecule has 2 heterocycles. The minimum absolute atomic E-state index is 0.256. The van der Waals surface area contributed by atoms with Crippen LogP contribution in [0.25, 0.3) is 5.65 Å². The molecule has 6 nitrogen and oxygen atoms in total. The molecule has 0 amide bonds. The molecule has 0 aromatic carbocycles. The summed E-state index contributed by atoms with van der Waals surface area (Å²) in [6.45, 7) is 9.65. The Labute approximate surface area is 145 Å². The highest BCUT2D eigenvalue weighted by Gasteiger charge is 2.49. The summed E-state index contributed by atoms with van der Waals surface area (Å²) in [6.07, 6.45) is 4.75. The summed E-state index contributed by atoms with van der Waals surface area (Å²) < 4.78 is 64.2. The van der Waals surface area contributed by atoms with Crippen molar-refractivity contribution in [1.29, 1.82) is 0 Å². The number of aryl methyl sites for hydroxylation is 1. The van der Waals surface area contributed by atoms with E-state index in [2.05, 4.69) is 14.2 Å². The Bertz CT molecular complexity index is 813. The van der Waals surface area contributed by atoms with Crippen LogP contribution in [0.3, 0.4) is 0 Å². The summed E-state index contributed by atoms with van der Waals surface area (Å²) in [4.78, 5) is 8.04. The van der Waals surface area contributed by atoms with Gasteiger partial charge in [-0.1, -0.05) is 27.7 Å². The number of rotatable bonds is 3. The molecule has 0 saturated heterocycles. The maximum absolute atomic E-state index is 12.3. The van der Waals surface area contributed by atoms with Gasteiger partial charge in [0, 0.05) is 12.1 Å². The largest absolute Gasteiger partial charge is 0.534 e. The van der Waals surface area contributed by atoms with Crippen molar-refractivity contribution in [2.75, 3.05) is 0 Å². The van der Waals surface area contributed by atoms with Crippen molar-refractivity contribution in [3.05, 3.63) is 23.8 Å². The van der Waals surface area contributed by atoms with Crippen molar-refractivity contribution in [1.82, 2.24) is 14.4 Å².